The number of rotatable bonds is 4. The summed E-state index contributed by atoms with van der Waals surface area (Å²) in [6, 6.07) is 18.5. The minimum absolute atomic E-state index is 0.00376. The Balaban J connectivity index is 1.81. The first kappa shape index (κ1) is 17.2. The summed E-state index contributed by atoms with van der Waals surface area (Å²) in [6.45, 7) is 3.45. The molecule has 1 heterocycles. The lowest BCUT2D eigenvalue weighted by Crippen LogP contribution is -2.50. The highest BCUT2D eigenvalue weighted by molar-refractivity contribution is 5.86. The van der Waals surface area contributed by atoms with E-state index in [1.54, 1.807) is 16.8 Å². The van der Waals surface area contributed by atoms with Crippen LogP contribution in [0.15, 0.2) is 54.6 Å². The third-order valence-corrected chi connectivity index (χ3v) is 4.87. The van der Waals surface area contributed by atoms with E-state index < -0.39 is 0 Å². The SMILES string of the molecule is Cc1ccc(C(CC(=O)N2CCN(C)C(=O)C2)c2ccccc2)cc1. The largest absolute Gasteiger partial charge is 0.342 e. The molecule has 1 fully saturated rings. The first-order valence-corrected chi connectivity index (χ1v) is 8.68. The molecule has 0 aliphatic carbocycles. The Bertz CT molecular complexity index is 740. The maximum absolute atomic E-state index is 12.8. The maximum Gasteiger partial charge on any atom is 0.241 e. The van der Waals surface area contributed by atoms with Crippen molar-refractivity contribution in [3.05, 3.63) is 71.3 Å². The summed E-state index contributed by atoms with van der Waals surface area (Å²) in [7, 11) is 1.78. The van der Waals surface area contributed by atoms with E-state index in [0.717, 1.165) is 11.1 Å². The van der Waals surface area contributed by atoms with Gasteiger partial charge in [0.1, 0.15) is 0 Å². The molecule has 0 radical (unpaired) electrons. The zero-order valence-corrected chi connectivity index (χ0v) is 14.8. The summed E-state index contributed by atoms with van der Waals surface area (Å²) < 4.78 is 0. The molecule has 2 aromatic rings. The van der Waals surface area contributed by atoms with E-state index in [1.165, 1.54) is 5.56 Å². The van der Waals surface area contributed by atoms with E-state index in [9.17, 15) is 9.59 Å². The Morgan fingerprint density at radius 2 is 1.64 bits per heavy atom. The summed E-state index contributed by atoms with van der Waals surface area (Å²) in [6.07, 6.45) is 0.379. The van der Waals surface area contributed by atoms with Gasteiger partial charge in [0.25, 0.3) is 0 Å². The van der Waals surface area contributed by atoms with E-state index in [0.29, 0.717) is 19.5 Å². The summed E-state index contributed by atoms with van der Waals surface area (Å²) in [5.41, 5.74) is 3.46. The molecule has 130 valence electrons. The van der Waals surface area contributed by atoms with E-state index in [2.05, 4.69) is 43.3 Å². The molecule has 4 heteroatoms. The monoisotopic (exact) mass is 336 g/mol. The number of carbonyl (C=O) groups is 2. The summed E-state index contributed by atoms with van der Waals surface area (Å²) in [5, 5.41) is 0. The molecule has 1 unspecified atom stereocenters. The van der Waals surface area contributed by atoms with Crippen molar-refractivity contribution in [2.75, 3.05) is 26.7 Å². The number of nitrogens with zero attached hydrogens (tertiary/aromatic N) is 2. The normalized spacial score (nSPS) is 16.0. The van der Waals surface area contributed by atoms with Gasteiger partial charge in [-0.25, -0.2) is 0 Å². The molecular weight excluding hydrogens is 312 g/mol. The van der Waals surface area contributed by atoms with Crippen molar-refractivity contribution >= 4 is 11.8 Å². The Morgan fingerprint density at radius 1 is 1.00 bits per heavy atom. The van der Waals surface area contributed by atoms with Crippen LogP contribution in [0.5, 0.6) is 0 Å². The number of piperazine rings is 1. The Kier molecular flexibility index (Phi) is 5.17. The average Bonchev–Trinajstić information content (AvgIpc) is 2.63. The third-order valence-electron chi connectivity index (χ3n) is 4.87. The van der Waals surface area contributed by atoms with Crippen molar-refractivity contribution < 1.29 is 9.59 Å². The topological polar surface area (TPSA) is 40.6 Å². The van der Waals surface area contributed by atoms with Crippen LogP contribution in [0.25, 0.3) is 0 Å². The molecule has 1 atom stereocenters. The van der Waals surface area contributed by atoms with Crippen LogP contribution in [0, 0.1) is 6.92 Å². The van der Waals surface area contributed by atoms with Crippen LogP contribution < -0.4 is 0 Å². The molecule has 1 aliphatic heterocycles. The number of aryl methyl sites for hydroxylation is 1. The number of hydrogen-bond donors (Lipinski definition) is 0. The standard InChI is InChI=1S/C21H24N2O2/c1-16-8-10-18(11-9-16)19(17-6-4-3-5-7-17)14-20(24)23-13-12-22(2)21(25)15-23/h3-11,19H,12-15H2,1-2H3. The number of amides is 2. The fraction of sp³-hybridized carbons (Fsp3) is 0.333. The van der Waals surface area contributed by atoms with Gasteiger partial charge in [0.2, 0.25) is 11.8 Å². The van der Waals surface area contributed by atoms with Gasteiger partial charge in [-0.2, -0.15) is 0 Å². The Labute approximate surface area is 149 Å². The van der Waals surface area contributed by atoms with Gasteiger partial charge < -0.3 is 9.80 Å². The van der Waals surface area contributed by atoms with Crippen LogP contribution in [0.2, 0.25) is 0 Å². The Morgan fingerprint density at radius 3 is 2.28 bits per heavy atom. The quantitative estimate of drug-likeness (QED) is 0.861. The molecule has 3 rings (SSSR count). The van der Waals surface area contributed by atoms with Crippen molar-refractivity contribution in [2.24, 2.45) is 0 Å². The maximum atomic E-state index is 12.8. The molecule has 25 heavy (non-hydrogen) atoms. The van der Waals surface area contributed by atoms with Gasteiger partial charge in [-0.1, -0.05) is 60.2 Å². The number of hydrogen-bond acceptors (Lipinski definition) is 2. The van der Waals surface area contributed by atoms with Gasteiger partial charge >= 0.3 is 0 Å². The zero-order valence-electron chi connectivity index (χ0n) is 14.8. The molecule has 4 nitrogen and oxygen atoms in total. The molecule has 0 bridgehead atoms. The molecule has 0 aromatic heterocycles. The minimum Gasteiger partial charge on any atom is -0.342 e. The molecule has 2 aromatic carbocycles. The zero-order chi connectivity index (χ0) is 17.8. The Hall–Kier alpha value is -2.62. The van der Waals surface area contributed by atoms with Crippen LogP contribution >= 0.6 is 0 Å². The molecule has 1 aliphatic rings. The summed E-state index contributed by atoms with van der Waals surface area (Å²) >= 11 is 0. The molecule has 0 spiro atoms. The second-order valence-electron chi connectivity index (χ2n) is 6.71. The van der Waals surface area contributed by atoms with Crippen LogP contribution in [0.1, 0.15) is 29.0 Å². The van der Waals surface area contributed by atoms with E-state index in [-0.39, 0.29) is 24.3 Å². The lowest BCUT2D eigenvalue weighted by molar-refractivity contribution is -0.144. The number of benzene rings is 2. The van der Waals surface area contributed by atoms with Crippen molar-refractivity contribution in [1.82, 2.24) is 9.80 Å². The van der Waals surface area contributed by atoms with Gasteiger partial charge in [-0.3, -0.25) is 9.59 Å². The van der Waals surface area contributed by atoms with Crippen molar-refractivity contribution in [2.45, 2.75) is 19.3 Å². The smallest absolute Gasteiger partial charge is 0.241 e. The number of likely N-dealkylation sites (N-methyl/N-ethyl adjacent to an activating group) is 1. The molecule has 0 N–H and O–H groups in total. The number of carbonyl (C=O) groups excluding carboxylic acids is 2. The van der Waals surface area contributed by atoms with Crippen LogP contribution in [-0.2, 0) is 9.59 Å². The predicted octanol–water partition coefficient (Wildman–Crippen LogP) is 2.82. The summed E-state index contributed by atoms with van der Waals surface area (Å²) in [4.78, 5) is 28.1. The molecular formula is C21H24N2O2. The minimum atomic E-state index is 0.00376. The molecule has 2 amide bonds. The third kappa shape index (κ3) is 4.08. The van der Waals surface area contributed by atoms with E-state index in [1.807, 2.05) is 18.2 Å². The lowest BCUT2D eigenvalue weighted by Gasteiger charge is -2.33. The second kappa shape index (κ2) is 7.51. The highest BCUT2D eigenvalue weighted by Gasteiger charge is 2.27. The van der Waals surface area contributed by atoms with Crippen molar-refractivity contribution in [1.29, 1.82) is 0 Å². The van der Waals surface area contributed by atoms with Crippen molar-refractivity contribution in [3.63, 3.8) is 0 Å². The van der Waals surface area contributed by atoms with Gasteiger partial charge in [0, 0.05) is 32.5 Å². The molecule has 1 saturated heterocycles. The second-order valence-corrected chi connectivity index (χ2v) is 6.71. The lowest BCUT2D eigenvalue weighted by atomic mass is 9.87. The van der Waals surface area contributed by atoms with Crippen LogP contribution in [0.3, 0.4) is 0 Å². The van der Waals surface area contributed by atoms with Crippen LogP contribution in [-0.4, -0.2) is 48.3 Å². The van der Waals surface area contributed by atoms with E-state index >= 15 is 0 Å². The van der Waals surface area contributed by atoms with Gasteiger partial charge in [0.15, 0.2) is 0 Å². The highest BCUT2D eigenvalue weighted by atomic mass is 16.2. The molecule has 0 saturated carbocycles. The first-order valence-electron chi connectivity index (χ1n) is 8.68. The highest BCUT2D eigenvalue weighted by Crippen LogP contribution is 2.29. The first-order chi connectivity index (χ1) is 12.0. The predicted molar refractivity (Wildman–Crippen MR) is 98.3 cm³/mol. The average molecular weight is 336 g/mol. The van der Waals surface area contributed by atoms with Gasteiger partial charge in [-0.15, -0.1) is 0 Å². The van der Waals surface area contributed by atoms with Crippen LogP contribution in [0.4, 0.5) is 0 Å². The fourth-order valence-corrected chi connectivity index (χ4v) is 3.19. The van der Waals surface area contributed by atoms with Gasteiger partial charge in [0.05, 0.1) is 6.54 Å². The van der Waals surface area contributed by atoms with Gasteiger partial charge in [-0.05, 0) is 18.1 Å². The van der Waals surface area contributed by atoms with Crippen molar-refractivity contribution in [3.8, 4) is 0 Å². The fourth-order valence-electron chi connectivity index (χ4n) is 3.19. The van der Waals surface area contributed by atoms with E-state index in [4.69, 9.17) is 0 Å². The summed E-state index contributed by atoms with van der Waals surface area (Å²) in [5.74, 6) is 0.0473.